The van der Waals surface area contributed by atoms with Crippen LogP contribution < -0.4 is 4.74 Å². The molecule has 8 rings (SSSR count). The SMILES string of the molecule is O=C(OC1C[N+]2(Cc3noc(-c4ccccc4)n3)CCC1CC2)C1(O)c2ccccc2Oc2ccccc21. The number of piperidine rings is 3. The lowest BCUT2D eigenvalue weighted by atomic mass is 9.81. The largest absolute Gasteiger partial charge is 0.457 e. The highest BCUT2D eigenvalue weighted by Gasteiger charge is 2.53. The molecule has 2 bridgehead atoms. The highest BCUT2D eigenvalue weighted by Crippen LogP contribution is 2.48. The predicted molar refractivity (Wildman–Crippen MR) is 137 cm³/mol. The third kappa shape index (κ3) is 3.71. The van der Waals surface area contributed by atoms with Crippen LogP contribution in [0, 0.1) is 5.92 Å². The molecule has 0 radical (unpaired) electrons. The molecule has 192 valence electrons. The topological polar surface area (TPSA) is 94.7 Å². The number of carbonyl (C=O) groups is 1. The number of esters is 1. The molecule has 4 aliphatic heterocycles. The van der Waals surface area contributed by atoms with Crippen LogP contribution in [0.4, 0.5) is 0 Å². The van der Waals surface area contributed by atoms with E-state index in [0.717, 1.165) is 36.0 Å². The maximum Gasteiger partial charge on any atom is 0.348 e. The molecule has 0 saturated carbocycles. The van der Waals surface area contributed by atoms with E-state index in [4.69, 9.17) is 14.0 Å². The fourth-order valence-electron chi connectivity index (χ4n) is 6.31. The second kappa shape index (κ2) is 8.79. The van der Waals surface area contributed by atoms with Crippen LogP contribution in [0.1, 0.15) is 29.8 Å². The summed E-state index contributed by atoms with van der Waals surface area (Å²) in [7, 11) is 0. The first-order valence-electron chi connectivity index (χ1n) is 13.1. The van der Waals surface area contributed by atoms with E-state index in [2.05, 4.69) is 10.1 Å². The molecule has 3 aromatic carbocycles. The zero-order chi connectivity index (χ0) is 25.7. The summed E-state index contributed by atoms with van der Waals surface area (Å²) in [6.07, 6.45) is 1.57. The van der Waals surface area contributed by atoms with Crippen molar-refractivity contribution in [1.82, 2.24) is 10.1 Å². The number of rotatable bonds is 5. The maximum atomic E-state index is 13.8. The minimum absolute atomic E-state index is 0.262. The Kier molecular flexibility index (Phi) is 5.35. The van der Waals surface area contributed by atoms with Gasteiger partial charge in [0.2, 0.25) is 11.4 Å². The van der Waals surface area contributed by atoms with Crippen molar-refractivity contribution in [2.75, 3.05) is 19.6 Å². The maximum absolute atomic E-state index is 13.8. The normalized spacial score (nSPS) is 24.7. The van der Waals surface area contributed by atoms with Gasteiger partial charge in [-0.1, -0.05) is 59.8 Å². The Labute approximate surface area is 220 Å². The minimum Gasteiger partial charge on any atom is -0.457 e. The van der Waals surface area contributed by atoms with Crippen molar-refractivity contribution < 1.29 is 28.4 Å². The molecule has 4 aromatic rings. The van der Waals surface area contributed by atoms with Crippen LogP contribution in [0.25, 0.3) is 11.5 Å². The molecule has 1 N–H and O–H groups in total. The zero-order valence-corrected chi connectivity index (χ0v) is 20.8. The molecule has 8 heteroatoms. The van der Waals surface area contributed by atoms with Crippen molar-refractivity contribution in [2.45, 2.75) is 31.1 Å². The molecule has 0 amide bonds. The number of quaternary nitrogens is 1. The Morgan fingerprint density at radius 1 is 0.947 bits per heavy atom. The Morgan fingerprint density at radius 3 is 2.26 bits per heavy atom. The van der Waals surface area contributed by atoms with Crippen molar-refractivity contribution in [3.63, 3.8) is 0 Å². The molecule has 3 fully saturated rings. The number of nitrogens with zero attached hydrogens (tertiary/aromatic N) is 3. The minimum atomic E-state index is -1.94. The van der Waals surface area contributed by atoms with Crippen molar-refractivity contribution in [2.24, 2.45) is 5.92 Å². The van der Waals surface area contributed by atoms with Crippen molar-refractivity contribution >= 4 is 5.97 Å². The van der Waals surface area contributed by atoms with Crippen LogP contribution in [0.3, 0.4) is 0 Å². The number of aromatic nitrogens is 2. The number of carbonyl (C=O) groups excluding carboxylic acids is 1. The van der Waals surface area contributed by atoms with Gasteiger partial charge in [0.1, 0.15) is 24.6 Å². The Hall–Kier alpha value is -4.01. The van der Waals surface area contributed by atoms with E-state index in [1.165, 1.54) is 0 Å². The first-order valence-corrected chi connectivity index (χ1v) is 13.1. The van der Waals surface area contributed by atoms with E-state index >= 15 is 0 Å². The quantitative estimate of drug-likeness (QED) is 0.314. The van der Waals surface area contributed by atoms with Crippen LogP contribution >= 0.6 is 0 Å². The Balaban J connectivity index is 1.14. The molecule has 0 aliphatic carbocycles. The molecule has 1 unspecified atom stereocenters. The summed E-state index contributed by atoms with van der Waals surface area (Å²) in [6, 6.07) is 23.9. The average Bonchev–Trinajstić information content (AvgIpc) is 3.42. The Bertz CT molecular complexity index is 1450. The zero-order valence-electron chi connectivity index (χ0n) is 20.8. The van der Waals surface area contributed by atoms with Gasteiger partial charge in [-0.05, 0) is 24.3 Å². The van der Waals surface area contributed by atoms with Gasteiger partial charge in [0.25, 0.3) is 5.89 Å². The van der Waals surface area contributed by atoms with Gasteiger partial charge < -0.3 is 23.6 Å². The highest BCUT2D eigenvalue weighted by molar-refractivity contribution is 5.88. The van der Waals surface area contributed by atoms with Crippen LogP contribution in [0.5, 0.6) is 11.5 Å². The summed E-state index contributed by atoms with van der Waals surface area (Å²) in [6.45, 7) is 3.21. The lowest BCUT2D eigenvalue weighted by molar-refractivity contribution is -0.958. The number of hydrogen-bond acceptors (Lipinski definition) is 7. The predicted octanol–water partition coefficient (Wildman–Crippen LogP) is 4.43. The van der Waals surface area contributed by atoms with Crippen molar-refractivity contribution in [3.05, 3.63) is 95.8 Å². The van der Waals surface area contributed by atoms with Crippen molar-refractivity contribution in [3.8, 4) is 23.0 Å². The first kappa shape index (κ1) is 23.1. The molecule has 38 heavy (non-hydrogen) atoms. The average molecular weight is 511 g/mol. The molecule has 3 saturated heterocycles. The standard InChI is InChI=1S/C30H28N3O5/c34-29(30(35)22-10-4-6-12-24(22)36-25-13-7-5-11-23(25)30)37-26-18-33(16-14-20(26)15-17-33)19-27-31-28(38-32-27)21-8-2-1-3-9-21/h1-13,20,26,35H,14-19H2/q+1. The number of aliphatic hydroxyl groups is 1. The van der Waals surface area contributed by atoms with Gasteiger partial charge >= 0.3 is 5.97 Å². The fourth-order valence-corrected chi connectivity index (χ4v) is 6.31. The van der Waals surface area contributed by atoms with E-state index in [9.17, 15) is 9.90 Å². The summed E-state index contributed by atoms with van der Waals surface area (Å²) < 4.78 is 18.5. The van der Waals surface area contributed by atoms with Gasteiger partial charge in [0.15, 0.2) is 6.10 Å². The van der Waals surface area contributed by atoms with Crippen LogP contribution in [-0.4, -0.2) is 51.4 Å². The molecule has 1 aromatic heterocycles. The lowest BCUT2D eigenvalue weighted by Crippen LogP contribution is -2.64. The van der Waals surface area contributed by atoms with E-state index < -0.39 is 11.6 Å². The van der Waals surface area contributed by atoms with E-state index in [1.54, 1.807) is 36.4 Å². The van der Waals surface area contributed by atoms with Crippen LogP contribution in [0.2, 0.25) is 0 Å². The molecule has 0 spiro atoms. The molecule has 8 nitrogen and oxygen atoms in total. The molecule has 1 atom stereocenters. The summed E-state index contributed by atoms with van der Waals surface area (Å²) in [5.41, 5.74) is -0.260. The second-order valence-corrected chi connectivity index (χ2v) is 10.6. The monoisotopic (exact) mass is 510 g/mol. The van der Waals surface area contributed by atoms with Gasteiger partial charge in [-0.3, -0.25) is 0 Å². The second-order valence-electron chi connectivity index (χ2n) is 10.6. The number of ether oxygens (including phenoxy) is 2. The Morgan fingerprint density at radius 2 is 1.58 bits per heavy atom. The van der Waals surface area contributed by atoms with Crippen LogP contribution in [0.15, 0.2) is 83.4 Å². The fraction of sp³-hybridized carbons (Fsp3) is 0.300. The smallest absolute Gasteiger partial charge is 0.348 e. The summed E-state index contributed by atoms with van der Waals surface area (Å²) in [4.78, 5) is 18.5. The molecule has 5 heterocycles. The van der Waals surface area contributed by atoms with E-state index in [1.807, 2.05) is 42.5 Å². The summed E-state index contributed by atoms with van der Waals surface area (Å²) in [5, 5.41) is 16.2. The van der Waals surface area contributed by atoms with E-state index in [0.29, 0.717) is 47.4 Å². The van der Waals surface area contributed by atoms with Gasteiger partial charge in [-0.25, -0.2) is 4.79 Å². The van der Waals surface area contributed by atoms with Gasteiger partial charge in [-0.2, -0.15) is 4.98 Å². The number of fused-ring (bicyclic) bond motifs is 5. The summed E-state index contributed by atoms with van der Waals surface area (Å²) >= 11 is 0. The van der Waals surface area contributed by atoms with Gasteiger partial charge in [-0.15, -0.1) is 0 Å². The van der Waals surface area contributed by atoms with Crippen molar-refractivity contribution in [1.29, 1.82) is 0 Å². The van der Waals surface area contributed by atoms with E-state index in [-0.39, 0.29) is 12.0 Å². The molecular formula is C30H28N3O5+. The number of benzene rings is 3. The molecular weight excluding hydrogens is 482 g/mol. The summed E-state index contributed by atoms with van der Waals surface area (Å²) in [5.74, 6) is 1.67. The highest BCUT2D eigenvalue weighted by atomic mass is 16.6. The van der Waals surface area contributed by atoms with Gasteiger partial charge in [0, 0.05) is 35.4 Å². The van der Waals surface area contributed by atoms with Crippen LogP contribution in [-0.2, 0) is 21.7 Å². The molecule has 4 aliphatic rings. The first-order chi connectivity index (χ1) is 18.5. The number of para-hydroxylation sites is 2. The van der Waals surface area contributed by atoms with Gasteiger partial charge in [0.05, 0.1) is 13.1 Å². The lowest BCUT2D eigenvalue weighted by Gasteiger charge is -2.51. The number of hydrogen-bond donors (Lipinski definition) is 1. The third-order valence-electron chi connectivity index (χ3n) is 8.33. The third-order valence-corrected chi connectivity index (χ3v) is 8.33.